The SMILES string of the molecule is NCCCOC1CCN(C(=O)COCCc2ccccc2)CC1. The van der Waals surface area contributed by atoms with Crippen molar-refractivity contribution in [1.29, 1.82) is 0 Å². The van der Waals surface area contributed by atoms with Gasteiger partial charge in [0.1, 0.15) is 6.61 Å². The van der Waals surface area contributed by atoms with E-state index in [0.717, 1.165) is 45.4 Å². The molecule has 1 saturated heterocycles. The van der Waals surface area contributed by atoms with E-state index in [1.807, 2.05) is 23.1 Å². The number of piperidine rings is 1. The Morgan fingerprint density at radius 1 is 1.17 bits per heavy atom. The van der Waals surface area contributed by atoms with Crippen LogP contribution < -0.4 is 5.73 Å². The zero-order chi connectivity index (χ0) is 16.3. The van der Waals surface area contributed by atoms with E-state index in [-0.39, 0.29) is 18.6 Å². The van der Waals surface area contributed by atoms with Gasteiger partial charge in [-0.15, -0.1) is 0 Å². The molecule has 0 spiro atoms. The first-order valence-corrected chi connectivity index (χ1v) is 8.50. The van der Waals surface area contributed by atoms with Gasteiger partial charge >= 0.3 is 0 Å². The Balaban J connectivity index is 1.56. The fourth-order valence-corrected chi connectivity index (χ4v) is 2.69. The van der Waals surface area contributed by atoms with Crippen molar-refractivity contribution in [2.45, 2.75) is 31.8 Å². The smallest absolute Gasteiger partial charge is 0.248 e. The third kappa shape index (κ3) is 6.69. The number of likely N-dealkylation sites (tertiary alicyclic amines) is 1. The lowest BCUT2D eigenvalue weighted by Gasteiger charge is -2.32. The zero-order valence-electron chi connectivity index (χ0n) is 13.8. The van der Waals surface area contributed by atoms with Crippen molar-refractivity contribution in [3.63, 3.8) is 0 Å². The summed E-state index contributed by atoms with van der Waals surface area (Å²) in [6.07, 6.45) is 3.81. The number of carbonyl (C=O) groups is 1. The van der Waals surface area contributed by atoms with Crippen molar-refractivity contribution in [1.82, 2.24) is 4.90 Å². The predicted octanol–water partition coefficient (Wildman–Crippen LogP) is 1.60. The van der Waals surface area contributed by atoms with Crippen LogP contribution in [0.25, 0.3) is 0 Å². The second-order valence-corrected chi connectivity index (χ2v) is 5.88. The summed E-state index contributed by atoms with van der Waals surface area (Å²) in [5, 5.41) is 0. The van der Waals surface area contributed by atoms with E-state index in [1.54, 1.807) is 0 Å². The van der Waals surface area contributed by atoms with Crippen molar-refractivity contribution in [3.05, 3.63) is 35.9 Å². The van der Waals surface area contributed by atoms with Gasteiger partial charge in [0, 0.05) is 19.7 Å². The lowest BCUT2D eigenvalue weighted by atomic mass is 10.1. The minimum Gasteiger partial charge on any atom is -0.378 e. The molecule has 1 aliphatic rings. The molecule has 0 saturated carbocycles. The van der Waals surface area contributed by atoms with Crippen LogP contribution in [0.1, 0.15) is 24.8 Å². The van der Waals surface area contributed by atoms with E-state index >= 15 is 0 Å². The van der Waals surface area contributed by atoms with Crippen LogP contribution >= 0.6 is 0 Å². The van der Waals surface area contributed by atoms with Gasteiger partial charge in [0.2, 0.25) is 5.91 Å². The van der Waals surface area contributed by atoms with E-state index in [0.29, 0.717) is 13.2 Å². The third-order valence-electron chi connectivity index (χ3n) is 4.10. The molecule has 0 aromatic heterocycles. The fraction of sp³-hybridized carbons (Fsp3) is 0.611. The molecule has 1 fully saturated rings. The van der Waals surface area contributed by atoms with Crippen LogP contribution in [0.4, 0.5) is 0 Å². The Hall–Kier alpha value is -1.43. The molecule has 23 heavy (non-hydrogen) atoms. The highest BCUT2D eigenvalue weighted by atomic mass is 16.5. The number of nitrogens with zero attached hydrogens (tertiary/aromatic N) is 1. The number of ether oxygens (including phenoxy) is 2. The third-order valence-corrected chi connectivity index (χ3v) is 4.10. The quantitative estimate of drug-likeness (QED) is 0.702. The molecule has 1 aromatic rings. The average Bonchev–Trinajstić information content (AvgIpc) is 2.60. The lowest BCUT2D eigenvalue weighted by molar-refractivity contribution is -0.138. The van der Waals surface area contributed by atoms with Crippen LogP contribution in [0, 0.1) is 0 Å². The van der Waals surface area contributed by atoms with E-state index in [9.17, 15) is 4.79 Å². The zero-order valence-corrected chi connectivity index (χ0v) is 13.8. The second-order valence-electron chi connectivity index (χ2n) is 5.88. The molecule has 0 aliphatic carbocycles. The Labute approximate surface area is 138 Å². The number of hydrogen-bond acceptors (Lipinski definition) is 4. The van der Waals surface area contributed by atoms with Gasteiger partial charge < -0.3 is 20.1 Å². The first kappa shape index (κ1) is 17.9. The number of carbonyl (C=O) groups excluding carboxylic acids is 1. The van der Waals surface area contributed by atoms with Crippen LogP contribution in [0.3, 0.4) is 0 Å². The van der Waals surface area contributed by atoms with Crippen LogP contribution in [0.2, 0.25) is 0 Å². The molecule has 5 heteroatoms. The van der Waals surface area contributed by atoms with Crippen molar-refractivity contribution in [3.8, 4) is 0 Å². The minimum absolute atomic E-state index is 0.0819. The molecule has 2 N–H and O–H groups in total. The van der Waals surface area contributed by atoms with Gasteiger partial charge in [-0.25, -0.2) is 0 Å². The van der Waals surface area contributed by atoms with Crippen LogP contribution in [0.5, 0.6) is 0 Å². The Kier molecular flexibility index (Phi) is 8.07. The maximum atomic E-state index is 12.1. The molecular weight excluding hydrogens is 292 g/mol. The van der Waals surface area contributed by atoms with Gasteiger partial charge in [-0.05, 0) is 37.8 Å². The molecule has 2 rings (SSSR count). The van der Waals surface area contributed by atoms with E-state index in [2.05, 4.69) is 12.1 Å². The molecule has 1 aromatic carbocycles. The van der Waals surface area contributed by atoms with Gasteiger partial charge in [0.25, 0.3) is 0 Å². The topological polar surface area (TPSA) is 64.8 Å². The summed E-state index contributed by atoms with van der Waals surface area (Å²) < 4.78 is 11.3. The summed E-state index contributed by atoms with van der Waals surface area (Å²) in [4.78, 5) is 14.0. The van der Waals surface area contributed by atoms with E-state index in [1.165, 1.54) is 5.56 Å². The molecule has 0 atom stereocenters. The van der Waals surface area contributed by atoms with Gasteiger partial charge in [-0.3, -0.25) is 4.79 Å². The van der Waals surface area contributed by atoms with Crippen molar-refractivity contribution >= 4 is 5.91 Å². The molecule has 1 heterocycles. The van der Waals surface area contributed by atoms with Crippen LogP contribution in [-0.2, 0) is 20.7 Å². The highest BCUT2D eigenvalue weighted by Crippen LogP contribution is 2.14. The largest absolute Gasteiger partial charge is 0.378 e. The van der Waals surface area contributed by atoms with Crippen molar-refractivity contribution < 1.29 is 14.3 Å². The molecule has 1 amide bonds. The molecule has 0 unspecified atom stereocenters. The first-order chi connectivity index (χ1) is 11.3. The number of nitrogens with two attached hydrogens (primary N) is 1. The van der Waals surface area contributed by atoms with Gasteiger partial charge in [0.15, 0.2) is 0 Å². The summed E-state index contributed by atoms with van der Waals surface area (Å²) in [6, 6.07) is 10.2. The number of amides is 1. The summed E-state index contributed by atoms with van der Waals surface area (Å²) in [5.41, 5.74) is 6.69. The fourth-order valence-electron chi connectivity index (χ4n) is 2.69. The maximum Gasteiger partial charge on any atom is 0.248 e. The summed E-state index contributed by atoms with van der Waals surface area (Å²) in [7, 11) is 0. The first-order valence-electron chi connectivity index (χ1n) is 8.50. The van der Waals surface area contributed by atoms with Crippen LogP contribution in [-0.4, -0.2) is 56.4 Å². The van der Waals surface area contributed by atoms with Crippen molar-refractivity contribution in [2.24, 2.45) is 5.73 Å². The molecule has 0 radical (unpaired) electrons. The molecule has 5 nitrogen and oxygen atoms in total. The number of rotatable bonds is 9. The van der Waals surface area contributed by atoms with Gasteiger partial charge in [-0.1, -0.05) is 30.3 Å². The highest BCUT2D eigenvalue weighted by Gasteiger charge is 2.22. The Bertz CT molecular complexity index is 445. The average molecular weight is 320 g/mol. The molecule has 1 aliphatic heterocycles. The lowest BCUT2D eigenvalue weighted by Crippen LogP contribution is -2.42. The highest BCUT2D eigenvalue weighted by molar-refractivity contribution is 5.77. The Morgan fingerprint density at radius 2 is 1.91 bits per heavy atom. The van der Waals surface area contributed by atoms with E-state index < -0.39 is 0 Å². The van der Waals surface area contributed by atoms with Crippen molar-refractivity contribution in [2.75, 3.05) is 39.5 Å². The molecule has 128 valence electrons. The summed E-state index contributed by atoms with van der Waals surface area (Å²) in [5.74, 6) is 0.0819. The van der Waals surface area contributed by atoms with Crippen LogP contribution in [0.15, 0.2) is 30.3 Å². The minimum atomic E-state index is 0.0819. The monoisotopic (exact) mass is 320 g/mol. The molecule has 0 bridgehead atoms. The predicted molar refractivity (Wildman–Crippen MR) is 90.2 cm³/mol. The molecular formula is C18H28N2O3. The number of benzene rings is 1. The second kappa shape index (κ2) is 10.4. The normalized spacial score (nSPS) is 15.8. The maximum absolute atomic E-state index is 12.1. The summed E-state index contributed by atoms with van der Waals surface area (Å²) >= 11 is 0. The Morgan fingerprint density at radius 3 is 2.61 bits per heavy atom. The standard InChI is InChI=1S/C18H28N2O3/c19-10-4-13-23-17-7-11-20(12-8-17)18(21)15-22-14-9-16-5-2-1-3-6-16/h1-3,5-6,17H,4,7-15,19H2. The van der Waals surface area contributed by atoms with Gasteiger partial charge in [-0.2, -0.15) is 0 Å². The number of hydrogen-bond donors (Lipinski definition) is 1. The van der Waals surface area contributed by atoms with Gasteiger partial charge in [0.05, 0.1) is 12.7 Å². The summed E-state index contributed by atoms with van der Waals surface area (Å²) in [6.45, 7) is 3.65. The van der Waals surface area contributed by atoms with E-state index in [4.69, 9.17) is 15.2 Å².